The van der Waals surface area contributed by atoms with E-state index in [-0.39, 0.29) is 5.91 Å². The first-order valence-corrected chi connectivity index (χ1v) is 9.44. The highest BCUT2D eigenvalue weighted by Gasteiger charge is 2.22. The van der Waals surface area contributed by atoms with Crippen LogP contribution in [-0.2, 0) is 19.5 Å². The first-order valence-electron chi connectivity index (χ1n) is 9.44. The molecule has 0 aliphatic rings. The van der Waals surface area contributed by atoms with Gasteiger partial charge >= 0.3 is 0 Å². The van der Waals surface area contributed by atoms with Gasteiger partial charge in [0, 0.05) is 18.4 Å². The Labute approximate surface area is 161 Å². The monoisotopic (exact) mass is 361 g/mol. The first-order chi connectivity index (χ1) is 13.0. The van der Waals surface area contributed by atoms with Crippen LogP contribution >= 0.6 is 0 Å². The van der Waals surface area contributed by atoms with Crippen LogP contribution < -0.4 is 5.32 Å². The zero-order valence-corrected chi connectivity index (χ0v) is 16.5. The van der Waals surface area contributed by atoms with Gasteiger partial charge in [-0.25, -0.2) is 0 Å². The van der Waals surface area contributed by atoms with Crippen LogP contribution in [0.1, 0.15) is 51.1 Å². The minimum absolute atomic E-state index is 0.0467. The molecule has 0 fully saturated rings. The van der Waals surface area contributed by atoms with Gasteiger partial charge in [-0.2, -0.15) is 0 Å². The number of nitrogens with zero attached hydrogens (tertiary/aromatic N) is 2. The van der Waals surface area contributed by atoms with Crippen LogP contribution in [0, 0.1) is 20.8 Å². The van der Waals surface area contributed by atoms with Gasteiger partial charge in [-0.05, 0) is 61.6 Å². The smallest absolute Gasteiger partial charge is 0.268 e. The number of carbonyl (C=O) groups is 1. The topological polar surface area (TPSA) is 46.9 Å². The predicted octanol–water partition coefficient (Wildman–Crippen LogP) is 4.35. The molecule has 1 N–H and O–H groups in total. The number of aryl methyl sites for hydroxylation is 1. The van der Waals surface area contributed by atoms with Crippen LogP contribution in [0.3, 0.4) is 0 Å². The van der Waals surface area contributed by atoms with E-state index in [1.807, 2.05) is 24.3 Å². The van der Waals surface area contributed by atoms with Crippen LogP contribution in [0.15, 0.2) is 48.7 Å². The number of hydrogen-bond acceptors (Lipinski definition) is 2. The Balaban J connectivity index is 1.93. The van der Waals surface area contributed by atoms with Crippen molar-refractivity contribution in [3.63, 3.8) is 0 Å². The molecule has 3 rings (SSSR count). The Morgan fingerprint density at radius 3 is 2.48 bits per heavy atom. The summed E-state index contributed by atoms with van der Waals surface area (Å²) in [7, 11) is 0. The molecule has 2 aromatic heterocycles. The summed E-state index contributed by atoms with van der Waals surface area (Å²) in [6, 6.07) is 14.1. The molecule has 1 aromatic carbocycles. The van der Waals surface area contributed by atoms with Gasteiger partial charge in [0.25, 0.3) is 5.91 Å². The second kappa shape index (κ2) is 8.21. The number of nitrogens with one attached hydrogen (secondary N) is 1. The highest BCUT2D eigenvalue weighted by Crippen LogP contribution is 2.25. The van der Waals surface area contributed by atoms with Gasteiger partial charge < -0.3 is 9.88 Å². The van der Waals surface area contributed by atoms with E-state index in [9.17, 15) is 4.79 Å². The van der Waals surface area contributed by atoms with Crippen molar-refractivity contribution in [3.05, 3.63) is 88.0 Å². The normalized spacial score (nSPS) is 10.8. The van der Waals surface area contributed by atoms with Crippen molar-refractivity contribution in [1.82, 2.24) is 14.9 Å². The lowest BCUT2D eigenvalue weighted by Crippen LogP contribution is -2.27. The molecule has 4 nitrogen and oxygen atoms in total. The number of aromatic nitrogens is 2. The predicted molar refractivity (Wildman–Crippen MR) is 109 cm³/mol. The Morgan fingerprint density at radius 2 is 1.81 bits per heavy atom. The van der Waals surface area contributed by atoms with Crippen molar-refractivity contribution in [2.75, 3.05) is 0 Å². The first kappa shape index (κ1) is 18.9. The number of pyridine rings is 1. The quantitative estimate of drug-likeness (QED) is 0.709. The third-order valence-electron chi connectivity index (χ3n) is 5.23. The summed E-state index contributed by atoms with van der Waals surface area (Å²) in [5.41, 5.74) is 7.57. The fourth-order valence-electron chi connectivity index (χ4n) is 3.67. The van der Waals surface area contributed by atoms with E-state index in [0.717, 1.165) is 23.4 Å². The maximum Gasteiger partial charge on any atom is 0.268 e. The second-order valence-corrected chi connectivity index (χ2v) is 6.91. The summed E-state index contributed by atoms with van der Waals surface area (Å²) in [6.07, 6.45) is 2.66. The molecular weight excluding hydrogens is 334 g/mol. The average molecular weight is 361 g/mol. The maximum absolute atomic E-state index is 13.1. The minimum Gasteiger partial charge on any atom is -0.345 e. The Hall–Kier alpha value is -2.88. The highest BCUT2D eigenvalue weighted by molar-refractivity contribution is 5.95. The number of hydrogen-bond donors (Lipinski definition) is 1. The van der Waals surface area contributed by atoms with Gasteiger partial charge in [0.1, 0.15) is 5.69 Å². The van der Waals surface area contributed by atoms with Crippen molar-refractivity contribution in [2.45, 2.75) is 47.2 Å². The van der Waals surface area contributed by atoms with Crippen molar-refractivity contribution in [3.8, 4) is 0 Å². The molecule has 27 heavy (non-hydrogen) atoms. The van der Waals surface area contributed by atoms with Crippen LogP contribution in [0.2, 0.25) is 0 Å². The zero-order chi connectivity index (χ0) is 19.4. The van der Waals surface area contributed by atoms with Gasteiger partial charge in [0.15, 0.2) is 0 Å². The molecule has 0 saturated carbocycles. The Bertz CT molecular complexity index is 942. The van der Waals surface area contributed by atoms with E-state index in [1.54, 1.807) is 6.20 Å². The fraction of sp³-hybridized carbons (Fsp3) is 0.304. The molecule has 0 unspecified atom stereocenters. The molecule has 0 aliphatic carbocycles. The molecular formula is C23H27N3O. The van der Waals surface area contributed by atoms with Crippen molar-refractivity contribution in [2.24, 2.45) is 0 Å². The van der Waals surface area contributed by atoms with E-state index >= 15 is 0 Å². The lowest BCUT2D eigenvalue weighted by atomic mass is 10.1. The third-order valence-corrected chi connectivity index (χ3v) is 5.23. The van der Waals surface area contributed by atoms with E-state index in [0.29, 0.717) is 13.1 Å². The van der Waals surface area contributed by atoms with Crippen molar-refractivity contribution < 1.29 is 4.79 Å². The summed E-state index contributed by atoms with van der Waals surface area (Å²) < 4.78 is 2.16. The van der Waals surface area contributed by atoms with Gasteiger partial charge in [0.05, 0.1) is 12.2 Å². The molecule has 2 heterocycles. The molecule has 0 aliphatic heterocycles. The third kappa shape index (κ3) is 3.95. The SMILES string of the molecule is CCc1c(C)c(C(=O)NCc2ccccn2)n(Cc2ccccc2C)c1C. The van der Waals surface area contributed by atoms with Crippen LogP contribution in [0.4, 0.5) is 0 Å². The fourth-order valence-corrected chi connectivity index (χ4v) is 3.67. The van der Waals surface area contributed by atoms with Gasteiger partial charge in [-0.1, -0.05) is 37.3 Å². The Morgan fingerprint density at radius 1 is 1.07 bits per heavy atom. The van der Waals surface area contributed by atoms with E-state index in [1.165, 1.54) is 22.4 Å². The van der Waals surface area contributed by atoms with Crippen molar-refractivity contribution >= 4 is 5.91 Å². The molecule has 0 saturated heterocycles. The van der Waals surface area contributed by atoms with Gasteiger partial charge in [-0.15, -0.1) is 0 Å². The number of benzene rings is 1. The number of carbonyl (C=O) groups excluding carboxylic acids is 1. The average Bonchev–Trinajstić information content (AvgIpc) is 2.92. The number of rotatable bonds is 6. The standard InChI is InChI=1S/C23H27N3O/c1-5-21-17(3)22(23(27)25-14-20-12-8-9-13-24-20)26(18(21)4)15-19-11-7-6-10-16(19)2/h6-13H,5,14-15H2,1-4H3,(H,25,27). The van der Waals surface area contributed by atoms with Gasteiger partial charge in [0.2, 0.25) is 0 Å². The second-order valence-electron chi connectivity index (χ2n) is 6.91. The molecule has 0 spiro atoms. The molecule has 140 valence electrons. The summed E-state index contributed by atoms with van der Waals surface area (Å²) >= 11 is 0. The lowest BCUT2D eigenvalue weighted by molar-refractivity contribution is 0.0940. The zero-order valence-electron chi connectivity index (χ0n) is 16.5. The largest absolute Gasteiger partial charge is 0.345 e. The molecule has 0 atom stereocenters. The molecule has 0 bridgehead atoms. The minimum atomic E-state index is -0.0467. The van der Waals surface area contributed by atoms with Gasteiger partial charge in [-0.3, -0.25) is 9.78 Å². The molecule has 0 radical (unpaired) electrons. The molecule has 1 amide bonds. The molecule has 3 aromatic rings. The number of amides is 1. The van der Waals surface area contributed by atoms with E-state index in [2.05, 4.69) is 60.8 Å². The lowest BCUT2D eigenvalue weighted by Gasteiger charge is -2.14. The summed E-state index contributed by atoms with van der Waals surface area (Å²) in [6.45, 7) is 9.54. The van der Waals surface area contributed by atoms with Crippen LogP contribution in [0.25, 0.3) is 0 Å². The van der Waals surface area contributed by atoms with E-state index < -0.39 is 0 Å². The Kier molecular flexibility index (Phi) is 5.75. The maximum atomic E-state index is 13.1. The van der Waals surface area contributed by atoms with Crippen LogP contribution in [-0.4, -0.2) is 15.5 Å². The molecule has 4 heteroatoms. The van der Waals surface area contributed by atoms with Crippen molar-refractivity contribution in [1.29, 1.82) is 0 Å². The summed E-state index contributed by atoms with van der Waals surface area (Å²) in [4.78, 5) is 17.3. The van der Waals surface area contributed by atoms with E-state index in [4.69, 9.17) is 0 Å². The van der Waals surface area contributed by atoms with Crippen LogP contribution in [0.5, 0.6) is 0 Å². The highest BCUT2D eigenvalue weighted by atomic mass is 16.1. The summed E-state index contributed by atoms with van der Waals surface area (Å²) in [5, 5.41) is 3.04. The summed E-state index contributed by atoms with van der Waals surface area (Å²) in [5.74, 6) is -0.0467.